The number of likely N-dealkylation sites (N-methyl/N-ethyl adjacent to an activating group) is 1. The molecule has 0 unspecified atom stereocenters. The van der Waals surface area contributed by atoms with E-state index in [4.69, 9.17) is 25.8 Å². The predicted molar refractivity (Wildman–Crippen MR) is 97.6 cm³/mol. The summed E-state index contributed by atoms with van der Waals surface area (Å²) in [6, 6.07) is 12.7. The van der Waals surface area contributed by atoms with Gasteiger partial charge in [-0.2, -0.15) is 0 Å². The van der Waals surface area contributed by atoms with Gasteiger partial charge < -0.3 is 19.1 Å². The van der Waals surface area contributed by atoms with Crippen LogP contribution >= 0.6 is 11.6 Å². The van der Waals surface area contributed by atoms with Crippen molar-refractivity contribution in [2.75, 3.05) is 27.4 Å². The molecule has 1 amide bonds. The van der Waals surface area contributed by atoms with Gasteiger partial charge in [-0.3, -0.25) is 4.79 Å². The lowest BCUT2D eigenvalue weighted by Gasteiger charge is -2.22. The average molecular weight is 364 g/mol. The number of para-hydroxylation sites is 1. The van der Waals surface area contributed by atoms with E-state index < -0.39 is 0 Å². The maximum absolute atomic E-state index is 12.4. The molecule has 0 radical (unpaired) electrons. The van der Waals surface area contributed by atoms with E-state index in [1.54, 1.807) is 31.3 Å². The highest BCUT2D eigenvalue weighted by Crippen LogP contribution is 2.28. The van der Waals surface area contributed by atoms with Crippen LogP contribution in [0.3, 0.4) is 0 Å². The van der Waals surface area contributed by atoms with E-state index in [9.17, 15) is 4.79 Å². The van der Waals surface area contributed by atoms with Gasteiger partial charge in [-0.15, -0.1) is 0 Å². The van der Waals surface area contributed by atoms with Gasteiger partial charge in [0.15, 0.2) is 18.1 Å². The van der Waals surface area contributed by atoms with E-state index in [2.05, 4.69) is 0 Å². The molecule has 2 aromatic carbocycles. The van der Waals surface area contributed by atoms with Crippen molar-refractivity contribution in [2.24, 2.45) is 0 Å². The SMILES string of the molecule is CCN(Cc1ccc(OC)c(OC)c1)C(=O)COc1ccccc1Cl. The highest BCUT2D eigenvalue weighted by molar-refractivity contribution is 6.32. The van der Waals surface area contributed by atoms with Crippen LogP contribution in [0, 0.1) is 0 Å². The maximum atomic E-state index is 12.4. The van der Waals surface area contributed by atoms with Crippen molar-refractivity contribution in [1.82, 2.24) is 4.90 Å². The molecule has 0 aliphatic heterocycles. The minimum atomic E-state index is -0.114. The molecule has 2 aromatic rings. The zero-order valence-electron chi connectivity index (χ0n) is 14.6. The smallest absolute Gasteiger partial charge is 0.260 e. The normalized spacial score (nSPS) is 10.2. The van der Waals surface area contributed by atoms with Crippen molar-refractivity contribution in [3.8, 4) is 17.2 Å². The van der Waals surface area contributed by atoms with Crippen LogP contribution < -0.4 is 14.2 Å². The number of methoxy groups -OCH3 is 2. The Morgan fingerprint density at radius 3 is 2.40 bits per heavy atom. The van der Waals surface area contributed by atoms with E-state index in [0.29, 0.717) is 35.4 Å². The molecule has 0 N–H and O–H groups in total. The summed E-state index contributed by atoms with van der Waals surface area (Å²) in [7, 11) is 3.17. The van der Waals surface area contributed by atoms with Crippen LogP contribution in [0.2, 0.25) is 5.02 Å². The Morgan fingerprint density at radius 2 is 1.76 bits per heavy atom. The Morgan fingerprint density at radius 1 is 1.04 bits per heavy atom. The Kier molecular flexibility index (Phi) is 6.95. The van der Waals surface area contributed by atoms with Crippen LogP contribution in [-0.2, 0) is 11.3 Å². The van der Waals surface area contributed by atoms with Gasteiger partial charge in [-0.25, -0.2) is 0 Å². The highest BCUT2D eigenvalue weighted by atomic mass is 35.5. The van der Waals surface area contributed by atoms with Gasteiger partial charge in [0, 0.05) is 13.1 Å². The van der Waals surface area contributed by atoms with Crippen LogP contribution in [0.4, 0.5) is 0 Å². The fraction of sp³-hybridized carbons (Fsp3) is 0.316. The standard InChI is InChI=1S/C19H22ClNO4/c1-4-21(12-14-9-10-17(23-2)18(11-14)24-3)19(22)13-25-16-8-6-5-7-15(16)20/h5-11H,4,12-13H2,1-3H3. The third kappa shape index (κ3) is 5.03. The summed E-state index contributed by atoms with van der Waals surface area (Å²) >= 11 is 6.04. The van der Waals surface area contributed by atoms with E-state index in [1.807, 2.05) is 37.3 Å². The summed E-state index contributed by atoms with van der Waals surface area (Å²) in [6.07, 6.45) is 0. The van der Waals surface area contributed by atoms with Crippen LogP contribution in [0.5, 0.6) is 17.2 Å². The number of halogens is 1. The number of carbonyl (C=O) groups is 1. The Hall–Kier alpha value is -2.40. The maximum Gasteiger partial charge on any atom is 0.260 e. The summed E-state index contributed by atoms with van der Waals surface area (Å²) in [5, 5.41) is 0.484. The van der Waals surface area contributed by atoms with Crippen LogP contribution in [0.25, 0.3) is 0 Å². The first kappa shape index (κ1) is 18.9. The largest absolute Gasteiger partial charge is 0.493 e. The summed E-state index contributed by atoms with van der Waals surface area (Å²) in [5.74, 6) is 1.68. The summed E-state index contributed by atoms with van der Waals surface area (Å²) < 4.78 is 16.1. The minimum absolute atomic E-state index is 0.0646. The molecule has 0 fully saturated rings. The number of amides is 1. The van der Waals surface area contributed by atoms with Crippen molar-refractivity contribution in [3.63, 3.8) is 0 Å². The summed E-state index contributed by atoms with van der Waals surface area (Å²) in [4.78, 5) is 14.1. The number of rotatable bonds is 8. The minimum Gasteiger partial charge on any atom is -0.493 e. The molecule has 0 aliphatic carbocycles. The Bertz CT molecular complexity index is 720. The van der Waals surface area contributed by atoms with Gasteiger partial charge in [0.1, 0.15) is 5.75 Å². The molecule has 0 saturated heterocycles. The van der Waals surface area contributed by atoms with E-state index in [0.717, 1.165) is 5.56 Å². The van der Waals surface area contributed by atoms with Gasteiger partial charge in [0.05, 0.1) is 19.2 Å². The fourth-order valence-corrected chi connectivity index (χ4v) is 2.56. The molecule has 2 rings (SSSR count). The van der Waals surface area contributed by atoms with Gasteiger partial charge in [0.25, 0.3) is 5.91 Å². The number of hydrogen-bond donors (Lipinski definition) is 0. The van der Waals surface area contributed by atoms with Crippen LogP contribution in [0.15, 0.2) is 42.5 Å². The number of nitrogens with zero attached hydrogens (tertiary/aromatic N) is 1. The molecule has 0 heterocycles. The second-order valence-corrected chi connectivity index (χ2v) is 5.72. The first-order valence-corrected chi connectivity index (χ1v) is 8.32. The number of hydrogen-bond acceptors (Lipinski definition) is 4. The molecular formula is C19H22ClNO4. The van der Waals surface area contributed by atoms with Gasteiger partial charge in [-0.1, -0.05) is 29.8 Å². The second kappa shape index (κ2) is 9.18. The third-order valence-electron chi connectivity index (χ3n) is 3.74. The van der Waals surface area contributed by atoms with Crippen LogP contribution in [-0.4, -0.2) is 38.2 Å². The topological polar surface area (TPSA) is 48.0 Å². The van der Waals surface area contributed by atoms with Gasteiger partial charge in [-0.05, 0) is 36.8 Å². The lowest BCUT2D eigenvalue weighted by Crippen LogP contribution is -2.34. The molecule has 134 valence electrons. The molecule has 0 saturated carbocycles. The monoisotopic (exact) mass is 363 g/mol. The molecule has 0 spiro atoms. The van der Waals surface area contributed by atoms with Crippen LogP contribution in [0.1, 0.15) is 12.5 Å². The fourth-order valence-electron chi connectivity index (χ4n) is 2.37. The molecule has 6 heteroatoms. The molecule has 5 nitrogen and oxygen atoms in total. The number of benzene rings is 2. The molecule has 0 bridgehead atoms. The third-order valence-corrected chi connectivity index (χ3v) is 4.06. The van der Waals surface area contributed by atoms with Crippen molar-refractivity contribution in [2.45, 2.75) is 13.5 Å². The molecule has 0 aliphatic rings. The molecule has 0 aromatic heterocycles. The highest BCUT2D eigenvalue weighted by Gasteiger charge is 2.15. The van der Waals surface area contributed by atoms with E-state index in [1.165, 1.54) is 0 Å². The average Bonchev–Trinajstić information content (AvgIpc) is 2.64. The second-order valence-electron chi connectivity index (χ2n) is 5.32. The van der Waals surface area contributed by atoms with Gasteiger partial charge >= 0.3 is 0 Å². The molecular weight excluding hydrogens is 342 g/mol. The van der Waals surface area contributed by atoms with Crippen molar-refractivity contribution in [3.05, 3.63) is 53.1 Å². The quantitative estimate of drug-likeness (QED) is 0.716. The van der Waals surface area contributed by atoms with Crippen molar-refractivity contribution < 1.29 is 19.0 Å². The number of carbonyl (C=O) groups excluding carboxylic acids is 1. The van der Waals surface area contributed by atoms with E-state index >= 15 is 0 Å². The number of ether oxygens (including phenoxy) is 3. The lowest BCUT2D eigenvalue weighted by molar-refractivity contribution is -0.133. The van der Waals surface area contributed by atoms with Gasteiger partial charge in [0.2, 0.25) is 0 Å². The summed E-state index contributed by atoms with van der Waals surface area (Å²) in [5.41, 5.74) is 0.950. The predicted octanol–water partition coefficient (Wildman–Crippen LogP) is 3.78. The molecule has 0 atom stereocenters. The van der Waals surface area contributed by atoms with Crippen molar-refractivity contribution in [1.29, 1.82) is 0 Å². The lowest BCUT2D eigenvalue weighted by atomic mass is 10.2. The summed E-state index contributed by atoms with van der Waals surface area (Å²) in [6.45, 7) is 2.89. The zero-order chi connectivity index (χ0) is 18.2. The van der Waals surface area contributed by atoms with E-state index in [-0.39, 0.29) is 12.5 Å². The van der Waals surface area contributed by atoms with Crippen molar-refractivity contribution >= 4 is 17.5 Å². The zero-order valence-corrected chi connectivity index (χ0v) is 15.4. The first-order valence-electron chi connectivity index (χ1n) is 7.95. The molecule has 25 heavy (non-hydrogen) atoms. The Balaban J connectivity index is 2.01. The first-order chi connectivity index (χ1) is 12.1. The Labute approximate surface area is 153 Å².